The normalized spacial score (nSPS) is 29.5. The van der Waals surface area contributed by atoms with Crippen molar-refractivity contribution in [2.45, 2.75) is 101 Å². The van der Waals surface area contributed by atoms with Gasteiger partial charge in [0.05, 0.1) is 20.1 Å². The van der Waals surface area contributed by atoms with Crippen LogP contribution in [-0.4, -0.2) is 126 Å². The number of ketones is 1. The molecule has 7 rings (SSSR count). The number of nitrogens with one attached hydrogen (secondary N) is 4. The molecule has 4 aliphatic heterocycles. The van der Waals surface area contributed by atoms with Crippen LogP contribution in [0.3, 0.4) is 0 Å². The molecular weight excluding hydrogens is 797 g/mol. The second-order valence-corrected chi connectivity index (χ2v) is 17.0. The Hall–Kier alpha value is -5.81. The number of carbonyl (C=O) groups excluding carboxylic acids is 7. The van der Waals surface area contributed by atoms with Crippen molar-refractivity contribution in [3.05, 3.63) is 53.6 Å². The van der Waals surface area contributed by atoms with Gasteiger partial charge in [-0.1, -0.05) is 13.8 Å². The predicted molar refractivity (Wildman–Crippen MR) is 215 cm³/mol. The van der Waals surface area contributed by atoms with E-state index in [1.54, 1.807) is 19.9 Å². The maximum Gasteiger partial charge on any atom is 0.319 e. The zero-order valence-electron chi connectivity index (χ0n) is 34.9. The van der Waals surface area contributed by atoms with Crippen LogP contribution in [0.15, 0.2) is 36.4 Å². The predicted octanol–water partition coefficient (Wildman–Crippen LogP) is 2.53. The zero-order valence-corrected chi connectivity index (χ0v) is 34.9. The average Bonchev–Trinajstić information content (AvgIpc) is 3.51. The summed E-state index contributed by atoms with van der Waals surface area (Å²) in [6.07, 6.45) is 2.32. The van der Waals surface area contributed by atoms with Crippen molar-refractivity contribution in [2.75, 3.05) is 39.2 Å². The van der Waals surface area contributed by atoms with Crippen LogP contribution in [-0.2, 0) is 35.2 Å². The standard InChI is InChI=1S/C43H53F2N7O9/c1-22-20-43-34(36(43)53)23(2)35(41(58)51-14-8-10-31(51)40(57)50-13-7-6-9-30(50)38(55)46-24(3)39(56)52(43)21-22)49-37(54)29(17-25-15-26(44)18-27(45)16-25)48-42(59)47-28-11-12-32(60-4)33(19-28)61-5/h11-12,15-16,18-19,22-24,29-31,34-35H,6-10,13-14,17,20-21H2,1-5H3,(H,46,55)(H,49,54)(H2,47,48,59)/t22-,23-,24+,29+,30+,31+,34-,35+,43-/m1/s1. The van der Waals surface area contributed by atoms with Crippen LogP contribution in [0.25, 0.3) is 0 Å². The number of hydrogen-bond acceptors (Lipinski definition) is 9. The molecule has 4 heterocycles. The monoisotopic (exact) mass is 849 g/mol. The highest BCUT2D eigenvalue weighted by Crippen LogP contribution is 2.57. The minimum Gasteiger partial charge on any atom is -0.493 e. The molecule has 5 fully saturated rings. The van der Waals surface area contributed by atoms with E-state index < -0.39 is 101 Å². The van der Waals surface area contributed by atoms with Gasteiger partial charge in [0.25, 0.3) is 0 Å². The summed E-state index contributed by atoms with van der Waals surface area (Å²) in [4.78, 5) is 104. The maximum atomic E-state index is 15.0. The third-order valence-electron chi connectivity index (χ3n) is 12.9. The van der Waals surface area contributed by atoms with E-state index in [9.17, 15) is 37.5 Å². The number of halogens is 2. The summed E-state index contributed by atoms with van der Waals surface area (Å²) in [6, 6.07) is 0.537. The first kappa shape index (κ1) is 43.3. The fraction of sp³-hybridized carbons (Fsp3) is 0.558. The molecule has 0 unspecified atom stereocenters. The van der Waals surface area contributed by atoms with E-state index in [-0.39, 0.29) is 42.6 Å². The second-order valence-electron chi connectivity index (χ2n) is 17.0. The van der Waals surface area contributed by atoms with Crippen LogP contribution < -0.4 is 30.7 Å². The summed E-state index contributed by atoms with van der Waals surface area (Å²) in [6.45, 7) is 5.76. The minimum absolute atomic E-state index is 0.0227. The molecule has 0 radical (unpaired) electrons. The van der Waals surface area contributed by atoms with Crippen molar-refractivity contribution in [1.82, 2.24) is 30.7 Å². The minimum atomic E-state index is -1.53. The first-order valence-electron chi connectivity index (χ1n) is 20.9. The van der Waals surface area contributed by atoms with E-state index in [1.807, 2.05) is 6.92 Å². The van der Waals surface area contributed by atoms with Gasteiger partial charge >= 0.3 is 6.03 Å². The molecule has 0 aromatic heterocycles. The molecule has 18 heteroatoms. The number of ether oxygens (including phenoxy) is 2. The van der Waals surface area contributed by atoms with Crippen LogP contribution >= 0.6 is 0 Å². The number of amides is 7. The number of benzene rings is 2. The maximum absolute atomic E-state index is 15.0. The van der Waals surface area contributed by atoms with Gasteiger partial charge in [-0.05, 0) is 87.1 Å². The van der Waals surface area contributed by atoms with Crippen molar-refractivity contribution in [3.63, 3.8) is 0 Å². The number of piperidine rings is 1. The fourth-order valence-electron chi connectivity index (χ4n) is 10.0. The number of hydrogen-bond donors (Lipinski definition) is 4. The molecule has 2 aromatic rings. The zero-order chi connectivity index (χ0) is 43.9. The highest BCUT2D eigenvalue weighted by atomic mass is 19.1. The lowest BCUT2D eigenvalue weighted by Gasteiger charge is -2.39. The lowest BCUT2D eigenvalue weighted by molar-refractivity contribution is -0.151. The molecule has 328 valence electrons. The Balaban J connectivity index is 1.24. The Labute approximate surface area is 352 Å². The molecule has 5 aliphatic rings. The van der Waals surface area contributed by atoms with Gasteiger partial charge in [0, 0.05) is 43.9 Å². The van der Waals surface area contributed by atoms with Crippen molar-refractivity contribution < 1.29 is 51.8 Å². The molecule has 2 aromatic carbocycles. The van der Waals surface area contributed by atoms with Crippen LogP contribution in [0, 0.1) is 29.4 Å². The number of rotatable bonds is 8. The van der Waals surface area contributed by atoms with E-state index >= 15 is 4.79 Å². The number of methoxy groups -OCH3 is 2. The van der Waals surface area contributed by atoms with Crippen LogP contribution in [0.2, 0.25) is 0 Å². The highest BCUT2D eigenvalue weighted by molar-refractivity contribution is 6.12. The SMILES string of the molecule is COc1ccc(NC(=O)N[C@@H](Cc2cc(F)cc(F)c2)C(=O)N[C@@H]2C(=O)N3CCC[C@H]3C(=O)N3CCCC[C@H]3C(=O)N[C@@H](C)C(=O)N3C[C@H](C)C[C@@]34C(=O)[C@H]4[C@H]2C)cc1OC. The number of urea groups is 1. The number of fused-ring (bicyclic) bond motifs is 2. The Morgan fingerprint density at radius 1 is 0.852 bits per heavy atom. The summed E-state index contributed by atoms with van der Waals surface area (Å²) in [7, 11) is 2.86. The Bertz CT molecular complexity index is 2100. The Morgan fingerprint density at radius 3 is 2.23 bits per heavy atom. The molecule has 4 N–H and O–H groups in total. The van der Waals surface area contributed by atoms with Crippen LogP contribution in [0.5, 0.6) is 11.5 Å². The summed E-state index contributed by atoms with van der Waals surface area (Å²) in [5.74, 6) is -6.31. The van der Waals surface area contributed by atoms with Gasteiger partial charge in [-0.2, -0.15) is 0 Å². The highest BCUT2D eigenvalue weighted by Gasteiger charge is 2.74. The third-order valence-corrected chi connectivity index (χ3v) is 12.9. The van der Waals surface area contributed by atoms with Gasteiger partial charge in [-0.3, -0.25) is 28.8 Å². The molecule has 61 heavy (non-hydrogen) atoms. The van der Waals surface area contributed by atoms with Crippen molar-refractivity contribution in [2.24, 2.45) is 17.8 Å². The molecule has 16 nitrogen and oxygen atoms in total. The quantitative estimate of drug-likeness (QED) is 0.309. The molecule has 7 amide bonds. The van der Waals surface area contributed by atoms with Crippen molar-refractivity contribution in [3.8, 4) is 11.5 Å². The third kappa shape index (κ3) is 8.32. The smallest absolute Gasteiger partial charge is 0.319 e. The van der Waals surface area contributed by atoms with E-state index in [0.717, 1.165) is 12.1 Å². The number of Topliss-reactive ketones (excluding diaryl/α,β-unsaturated/α-hetero) is 1. The first-order chi connectivity index (χ1) is 29.1. The largest absolute Gasteiger partial charge is 0.493 e. The number of anilines is 1. The summed E-state index contributed by atoms with van der Waals surface area (Å²) in [5, 5.41) is 10.8. The van der Waals surface area contributed by atoms with E-state index in [4.69, 9.17) is 9.47 Å². The molecule has 1 saturated carbocycles. The first-order valence-corrected chi connectivity index (χ1v) is 20.9. The molecule has 4 saturated heterocycles. The number of nitrogens with zero attached hydrogens (tertiary/aromatic N) is 3. The summed E-state index contributed by atoms with van der Waals surface area (Å²) < 4.78 is 39.5. The Morgan fingerprint density at radius 2 is 1.52 bits per heavy atom. The fourth-order valence-corrected chi connectivity index (χ4v) is 10.0. The molecular formula is C43H53F2N7O9. The van der Waals surface area contributed by atoms with Gasteiger partial charge in [0.2, 0.25) is 29.5 Å². The second kappa shape index (κ2) is 17.3. The van der Waals surface area contributed by atoms with E-state index in [0.29, 0.717) is 56.1 Å². The molecule has 0 bridgehead atoms. The average molecular weight is 850 g/mol. The topological polar surface area (TPSA) is 196 Å². The van der Waals surface area contributed by atoms with Gasteiger partial charge in [-0.25, -0.2) is 13.6 Å². The molecule has 1 aliphatic carbocycles. The lowest BCUT2D eigenvalue weighted by atomic mass is 9.90. The van der Waals surface area contributed by atoms with Crippen LogP contribution in [0.4, 0.5) is 19.3 Å². The summed E-state index contributed by atoms with van der Waals surface area (Å²) >= 11 is 0. The van der Waals surface area contributed by atoms with Gasteiger partial charge in [0.15, 0.2) is 17.3 Å². The van der Waals surface area contributed by atoms with E-state index in [1.165, 1.54) is 41.1 Å². The Kier molecular flexibility index (Phi) is 12.3. The van der Waals surface area contributed by atoms with Crippen molar-refractivity contribution in [1.29, 1.82) is 0 Å². The molecule has 1 spiro atoms. The van der Waals surface area contributed by atoms with Gasteiger partial charge < -0.3 is 45.4 Å². The molecule has 9 atom stereocenters. The summed E-state index contributed by atoms with van der Waals surface area (Å²) in [5.41, 5.74) is -1.02. The van der Waals surface area contributed by atoms with Crippen molar-refractivity contribution >= 4 is 47.0 Å². The van der Waals surface area contributed by atoms with Crippen LogP contribution in [0.1, 0.15) is 64.9 Å². The lowest BCUT2D eigenvalue weighted by Crippen LogP contribution is -2.61. The van der Waals surface area contributed by atoms with Gasteiger partial charge in [-0.15, -0.1) is 0 Å². The number of carbonyl (C=O) groups is 7. The van der Waals surface area contributed by atoms with E-state index in [2.05, 4.69) is 21.3 Å². The van der Waals surface area contributed by atoms with Gasteiger partial charge in [0.1, 0.15) is 47.4 Å².